The van der Waals surface area contributed by atoms with Gasteiger partial charge in [0.05, 0.1) is 17.5 Å². The van der Waals surface area contributed by atoms with Gasteiger partial charge in [-0.1, -0.05) is 0 Å². The van der Waals surface area contributed by atoms with Crippen LogP contribution in [0.25, 0.3) is 0 Å². The van der Waals surface area contributed by atoms with Crippen molar-refractivity contribution in [2.24, 2.45) is 0 Å². The van der Waals surface area contributed by atoms with Crippen molar-refractivity contribution in [3.8, 4) is 0 Å². The zero-order chi connectivity index (χ0) is 9.31. The van der Waals surface area contributed by atoms with E-state index in [0.29, 0.717) is 12.4 Å². The number of sulfone groups is 1. The maximum Gasteiger partial charge on any atom is 0.153 e. The third kappa shape index (κ3) is 1.89. The van der Waals surface area contributed by atoms with Crippen LogP contribution in [-0.2, 0) is 9.84 Å². The minimum atomic E-state index is -2.88. The topological polar surface area (TPSA) is 74.8 Å². The highest BCUT2D eigenvalue weighted by Crippen LogP contribution is 2.14. The van der Waals surface area contributed by atoms with Gasteiger partial charge < -0.3 is 10.3 Å². The summed E-state index contributed by atoms with van der Waals surface area (Å²) < 4.78 is 22.5. The quantitative estimate of drug-likeness (QED) is 0.640. The highest BCUT2D eigenvalue weighted by atomic mass is 32.2. The molecule has 2 N–H and O–H groups in total. The Bertz CT molecular complexity index is 370. The van der Waals surface area contributed by atoms with Gasteiger partial charge in [0.1, 0.15) is 5.82 Å². The number of aromatic nitrogens is 2. The molecule has 0 spiro atoms. The van der Waals surface area contributed by atoms with Crippen molar-refractivity contribution in [1.82, 2.24) is 15.3 Å². The molecule has 0 radical (unpaired) electrons. The fourth-order valence-electron chi connectivity index (χ4n) is 1.43. The number of nitrogens with zero attached hydrogens (tertiary/aromatic N) is 1. The average molecular weight is 201 g/mol. The smallest absolute Gasteiger partial charge is 0.153 e. The highest BCUT2D eigenvalue weighted by molar-refractivity contribution is 7.91. The van der Waals surface area contributed by atoms with Crippen LogP contribution in [-0.4, -0.2) is 36.4 Å². The Balaban J connectivity index is 2.18. The number of nitrogens with one attached hydrogen (secondary N) is 2. The fraction of sp³-hybridized carbons (Fsp3) is 0.571. The van der Waals surface area contributed by atoms with Gasteiger partial charge in [0.25, 0.3) is 0 Å². The summed E-state index contributed by atoms with van der Waals surface area (Å²) in [6, 6.07) is -0.172. The van der Waals surface area contributed by atoms with E-state index in [2.05, 4.69) is 15.3 Å². The number of hydrogen-bond acceptors (Lipinski definition) is 4. The third-order valence-electron chi connectivity index (χ3n) is 2.07. The van der Waals surface area contributed by atoms with E-state index in [1.54, 1.807) is 12.4 Å². The summed E-state index contributed by atoms with van der Waals surface area (Å²) >= 11 is 0. The van der Waals surface area contributed by atoms with Crippen molar-refractivity contribution < 1.29 is 8.42 Å². The van der Waals surface area contributed by atoms with Crippen LogP contribution in [0.4, 0.5) is 0 Å². The molecule has 1 unspecified atom stereocenters. The lowest BCUT2D eigenvalue weighted by molar-refractivity contribution is 0.518. The van der Waals surface area contributed by atoms with E-state index in [0.717, 1.165) is 0 Å². The second kappa shape index (κ2) is 3.12. The number of hydrogen-bond donors (Lipinski definition) is 2. The summed E-state index contributed by atoms with van der Waals surface area (Å²) in [6.45, 7) is 0.508. The summed E-state index contributed by atoms with van der Waals surface area (Å²) in [7, 11) is -2.88. The van der Waals surface area contributed by atoms with Gasteiger partial charge in [-0.3, -0.25) is 0 Å². The molecule has 72 valence electrons. The first-order valence-corrected chi connectivity index (χ1v) is 5.93. The summed E-state index contributed by atoms with van der Waals surface area (Å²) in [5, 5.41) is 3.10. The SMILES string of the molecule is O=S1(=O)CCNC(c2ncc[nH]2)C1. The molecule has 1 fully saturated rings. The van der Waals surface area contributed by atoms with Gasteiger partial charge in [0.2, 0.25) is 0 Å². The maximum absolute atomic E-state index is 11.3. The van der Waals surface area contributed by atoms with Gasteiger partial charge in [0.15, 0.2) is 9.84 Å². The van der Waals surface area contributed by atoms with Gasteiger partial charge in [0, 0.05) is 18.9 Å². The van der Waals surface area contributed by atoms with Crippen LogP contribution in [0.3, 0.4) is 0 Å². The summed E-state index contributed by atoms with van der Waals surface area (Å²) in [6.07, 6.45) is 3.32. The van der Waals surface area contributed by atoms with Crippen molar-refractivity contribution in [2.45, 2.75) is 6.04 Å². The molecule has 1 saturated heterocycles. The Morgan fingerprint density at radius 1 is 1.54 bits per heavy atom. The molecule has 13 heavy (non-hydrogen) atoms. The number of rotatable bonds is 1. The average Bonchev–Trinajstić information content (AvgIpc) is 2.53. The van der Waals surface area contributed by atoms with E-state index in [9.17, 15) is 8.42 Å². The van der Waals surface area contributed by atoms with E-state index >= 15 is 0 Å². The van der Waals surface area contributed by atoms with Gasteiger partial charge >= 0.3 is 0 Å². The number of imidazole rings is 1. The molecule has 2 rings (SSSR count). The largest absolute Gasteiger partial charge is 0.347 e. The van der Waals surface area contributed by atoms with E-state index < -0.39 is 9.84 Å². The first-order chi connectivity index (χ1) is 6.17. The summed E-state index contributed by atoms with van der Waals surface area (Å²) in [5.41, 5.74) is 0. The molecule has 0 amide bonds. The molecule has 1 aromatic rings. The molecule has 1 aliphatic rings. The molecule has 5 nitrogen and oxygen atoms in total. The minimum absolute atomic E-state index is 0.139. The predicted octanol–water partition coefficient (Wildman–Crippen LogP) is -0.531. The summed E-state index contributed by atoms with van der Waals surface area (Å²) in [5.74, 6) is 1.06. The Kier molecular flexibility index (Phi) is 2.09. The van der Waals surface area contributed by atoms with E-state index in [-0.39, 0.29) is 17.5 Å². The lowest BCUT2D eigenvalue weighted by atomic mass is 10.3. The molecule has 0 bridgehead atoms. The molecule has 0 aromatic carbocycles. The van der Waals surface area contributed by atoms with Crippen molar-refractivity contribution in [2.75, 3.05) is 18.1 Å². The predicted molar refractivity (Wildman–Crippen MR) is 48.0 cm³/mol. The second-order valence-electron chi connectivity index (χ2n) is 3.10. The van der Waals surface area contributed by atoms with Crippen LogP contribution < -0.4 is 5.32 Å². The van der Waals surface area contributed by atoms with Crippen LogP contribution in [0.1, 0.15) is 11.9 Å². The van der Waals surface area contributed by atoms with Crippen LogP contribution in [0.15, 0.2) is 12.4 Å². The van der Waals surface area contributed by atoms with E-state index in [1.165, 1.54) is 0 Å². The Morgan fingerprint density at radius 2 is 2.38 bits per heavy atom. The van der Waals surface area contributed by atoms with Gasteiger partial charge in [-0.2, -0.15) is 0 Å². The van der Waals surface area contributed by atoms with Gasteiger partial charge in [-0.05, 0) is 0 Å². The third-order valence-corrected chi connectivity index (χ3v) is 3.74. The van der Waals surface area contributed by atoms with Gasteiger partial charge in [-0.15, -0.1) is 0 Å². The van der Waals surface area contributed by atoms with Crippen molar-refractivity contribution in [3.63, 3.8) is 0 Å². The summed E-state index contributed by atoms with van der Waals surface area (Å²) in [4.78, 5) is 6.93. The molecule has 1 aliphatic heterocycles. The second-order valence-corrected chi connectivity index (χ2v) is 5.32. The molecule has 2 heterocycles. The van der Waals surface area contributed by atoms with Crippen LogP contribution in [0.5, 0.6) is 0 Å². The Labute approximate surface area is 76.5 Å². The first-order valence-electron chi connectivity index (χ1n) is 4.10. The zero-order valence-electron chi connectivity index (χ0n) is 7.03. The molecule has 6 heteroatoms. The lowest BCUT2D eigenvalue weighted by Crippen LogP contribution is -2.39. The van der Waals surface area contributed by atoms with Crippen LogP contribution in [0.2, 0.25) is 0 Å². The molecular formula is C7H11N3O2S. The van der Waals surface area contributed by atoms with E-state index in [4.69, 9.17) is 0 Å². The minimum Gasteiger partial charge on any atom is -0.347 e. The first kappa shape index (κ1) is 8.71. The van der Waals surface area contributed by atoms with Gasteiger partial charge in [-0.25, -0.2) is 13.4 Å². The monoisotopic (exact) mass is 201 g/mol. The maximum atomic E-state index is 11.3. The normalized spacial score (nSPS) is 27.2. The van der Waals surface area contributed by atoms with Crippen molar-refractivity contribution >= 4 is 9.84 Å². The Morgan fingerprint density at radius 3 is 3.00 bits per heavy atom. The molecule has 0 aliphatic carbocycles. The molecular weight excluding hydrogens is 190 g/mol. The molecule has 1 aromatic heterocycles. The van der Waals surface area contributed by atoms with Crippen LogP contribution in [0, 0.1) is 0 Å². The highest BCUT2D eigenvalue weighted by Gasteiger charge is 2.26. The fourth-order valence-corrected chi connectivity index (χ4v) is 2.81. The van der Waals surface area contributed by atoms with Crippen molar-refractivity contribution in [1.29, 1.82) is 0 Å². The number of aromatic amines is 1. The standard InChI is InChI=1S/C7H11N3O2S/c11-13(12)4-3-8-6(5-13)7-9-1-2-10-7/h1-2,6,8H,3-5H2,(H,9,10). The zero-order valence-corrected chi connectivity index (χ0v) is 7.84. The van der Waals surface area contributed by atoms with Crippen LogP contribution >= 0.6 is 0 Å². The number of H-pyrrole nitrogens is 1. The molecule has 1 atom stereocenters. The van der Waals surface area contributed by atoms with E-state index in [1.807, 2.05) is 0 Å². The molecule has 0 saturated carbocycles. The lowest BCUT2D eigenvalue weighted by Gasteiger charge is -2.21. The van der Waals surface area contributed by atoms with Crippen molar-refractivity contribution in [3.05, 3.63) is 18.2 Å². The Hall–Kier alpha value is -0.880.